The van der Waals surface area contributed by atoms with E-state index in [1.165, 1.54) is 83.5 Å². The summed E-state index contributed by atoms with van der Waals surface area (Å²) in [6.07, 6.45) is 24.7. The molecule has 3 heteroatoms. The van der Waals surface area contributed by atoms with Gasteiger partial charge in [-0.3, -0.25) is 9.80 Å². The van der Waals surface area contributed by atoms with Gasteiger partial charge in [-0.2, -0.15) is 0 Å². The molecule has 0 saturated carbocycles. The van der Waals surface area contributed by atoms with Crippen molar-refractivity contribution in [1.82, 2.24) is 9.80 Å². The Labute approximate surface area is 170 Å². The van der Waals surface area contributed by atoms with Crippen LogP contribution in [0, 0.1) is 0 Å². The van der Waals surface area contributed by atoms with Crippen molar-refractivity contribution >= 4 is 0 Å². The summed E-state index contributed by atoms with van der Waals surface area (Å²) in [5.74, 6) is 0. The number of β-amino-alcohol motifs (C(OH)–C–C–N with tert-alkyl or cyclic N) is 1. The normalized spacial score (nSPS) is 18.9. The van der Waals surface area contributed by atoms with Gasteiger partial charge in [-0.1, -0.05) is 96.6 Å². The predicted molar refractivity (Wildman–Crippen MR) is 119 cm³/mol. The molecular weight excluding hydrogens is 332 g/mol. The van der Waals surface area contributed by atoms with E-state index in [-0.39, 0.29) is 6.61 Å². The van der Waals surface area contributed by atoms with Gasteiger partial charge < -0.3 is 5.11 Å². The van der Waals surface area contributed by atoms with Gasteiger partial charge in [-0.15, -0.1) is 0 Å². The molecule has 0 aliphatic carbocycles. The molecule has 0 aromatic rings. The first-order valence-electron chi connectivity index (χ1n) is 12.1. The van der Waals surface area contributed by atoms with E-state index in [4.69, 9.17) is 0 Å². The first-order valence-corrected chi connectivity index (χ1v) is 12.1. The molecule has 27 heavy (non-hydrogen) atoms. The molecule has 1 atom stereocenters. The van der Waals surface area contributed by atoms with Crippen LogP contribution in [0.4, 0.5) is 0 Å². The Morgan fingerprint density at radius 1 is 0.741 bits per heavy atom. The summed E-state index contributed by atoms with van der Waals surface area (Å²) >= 11 is 0. The largest absolute Gasteiger partial charge is 0.395 e. The van der Waals surface area contributed by atoms with Crippen LogP contribution in [0.15, 0.2) is 12.2 Å². The number of hydrogen-bond acceptors (Lipinski definition) is 3. The zero-order valence-corrected chi connectivity index (χ0v) is 18.5. The van der Waals surface area contributed by atoms with Crippen molar-refractivity contribution < 1.29 is 5.11 Å². The van der Waals surface area contributed by atoms with Gasteiger partial charge in [0.15, 0.2) is 0 Å². The van der Waals surface area contributed by atoms with E-state index in [2.05, 4.69) is 35.8 Å². The number of aliphatic hydroxyl groups is 1. The van der Waals surface area contributed by atoms with Gasteiger partial charge in [-0.05, 0) is 25.8 Å². The van der Waals surface area contributed by atoms with Crippen molar-refractivity contribution in [3.63, 3.8) is 0 Å². The van der Waals surface area contributed by atoms with Gasteiger partial charge >= 0.3 is 0 Å². The molecule has 1 aliphatic heterocycles. The highest BCUT2D eigenvalue weighted by Crippen LogP contribution is 2.18. The number of allylic oxidation sites excluding steroid dienone is 1. The van der Waals surface area contributed by atoms with E-state index in [1.807, 2.05) is 0 Å². The molecule has 1 unspecified atom stereocenters. The van der Waals surface area contributed by atoms with Crippen molar-refractivity contribution in [2.45, 2.75) is 110 Å². The first-order chi connectivity index (χ1) is 13.3. The van der Waals surface area contributed by atoms with Crippen molar-refractivity contribution in [1.29, 1.82) is 0 Å². The van der Waals surface area contributed by atoms with E-state index in [0.717, 1.165) is 32.6 Å². The molecule has 1 saturated heterocycles. The minimum Gasteiger partial charge on any atom is -0.395 e. The van der Waals surface area contributed by atoms with E-state index < -0.39 is 0 Å². The second-order valence-electron chi connectivity index (χ2n) is 8.25. The first kappa shape index (κ1) is 24.7. The number of aliphatic hydroxyl groups excluding tert-OH is 1. The van der Waals surface area contributed by atoms with Crippen LogP contribution in [-0.4, -0.2) is 53.9 Å². The molecule has 0 aromatic heterocycles. The third kappa shape index (κ3) is 11.9. The molecule has 1 fully saturated rings. The number of hydrogen-bond donors (Lipinski definition) is 1. The maximum Gasteiger partial charge on any atom is 0.0659 e. The summed E-state index contributed by atoms with van der Waals surface area (Å²) < 4.78 is 0. The van der Waals surface area contributed by atoms with Gasteiger partial charge in [0.2, 0.25) is 0 Å². The van der Waals surface area contributed by atoms with E-state index in [0.29, 0.717) is 6.17 Å². The highest BCUT2D eigenvalue weighted by atomic mass is 16.3. The van der Waals surface area contributed by atoms with Crippen LogP contribution in [0.1, 0.15) is 104 Å². The van der Waals surface area contributed by atoms with Gasteiger partial charge in [0.1, 0.15) is 0 Å². The Hall–Kier alpha value is -0.380. The highest BCUT2D eigenvalue weighted by molar-refractivity contribution is 4.90. The smallest absolute Gasteiger partial charge is 0.0659 e. The van der Waals surface area contributed by atoms with Gasteiger partial charge in [0.25, 0.3) is 0 Å². The van der Waals surface area contributed by atoms with Gasteiger partial charge in [-0.25, -0.2) is 0 Å². The standard InChI is InChI=1S/C24H48N2O/c1-3-5-6-7-8-9-10-11-12-13-14-15-16-17-18-19-24-25(4-2)20-21-26(24)22-23-27/h17-18,24,27H,3-16,19-23H2,1-2H3/b18-17+. The predicted octanol–water partition coefficient (Wildman–Crippen LogP) is 5.98. The fraction of sp³-hybridized carbons (Fsp3) is 0.917. The van der Waals surface area contributed by atoms with Crippen molar-refractivity contribution in [3.8, 4) is 0 Å². The summed E-state index contributed by atoms with van der Waals surface area (Å²) in [5.41, 5.74) is 0. The Bertz CT molecular complexity index is 345. The van der Waals surface area contributed by atoms with E-state index in [9.17, 15) is 5.11 Å². The lowest BCUT2D eigenvalue weighted by Crippen LogP contribution is -2.39. The Morgan fingerprint density at radius 3 is 1.85 bits per heavy atom. The average molecular weight is 381 g/mol. The molecule has 0 spiro atoms. The lowest BCUT2D eigenvalue weighted by atomic mass is 10.0. The topological polar surface area (TPSA) is 26.7 Å². The molecule has 0 amide bonds. The Morgan fingerprint density at radius 2 is 1.30 bits per heavy atom. The molecule has 0 radical (unpaired) electrons. The van der Waals surface area contributed by atoms with E-state index >= 15 is 0 Å². The van der Waals surface area contributed by atoms with Crippen LogP contribution < -0.4 is 0 Å². The molecule has 1 rings (SSSR count). The maximum atomic E-state index is 9.23. The summed E-state index contributed by atoms with van der Waals surface area (Å²) in [6, 6.07) is 0. The minimum atomic E-state index is 0.274. The number of nitrogens with zero attached hydrogens (tertiary/aromatic N) is 2. The Kier molecular flexibility index (Phi) is 16.2. The van der Waals surface area contributed by atoms with E-state index in [1.54, 1.807) is 0 Å². The van der Waals surface area contributed by atoms with Crippen LogP contribution in [-0.2, 0) is 0 Å². The van der Waals surface area contributed by atoms with Crippen LogP contribution in [0.3, 0.4) is 0 Å². The number of rotatable bonds is 18. The third-order valence-corrected chi connectivity index (χ3v) is 6.05. The molecular formula is C24H48N2O. The van der Waals surface area contributed by atoms with Crippen LogP contribution in [0.25, 0.3) is 0 Å². The summed E-state index contributed by atoms with van der Waals surface area (Å²) in [7, 11) is 0. The van der Waals surface area contributed by atoms with Gasteiger partial charge in [0.05, 0.1) is 12.8 Å². The fourth-order valence-electron chi connectivity index (χ4n) is 4.28. The van der Waals surface area contributed by atoms with Crippen LogP contribution in [0.2, 0.25) is 0 Å². The molecule has 1 heterocycles. The molecule has 3 nitrogen and oxygen atoms in total. The summed E-state index contributed by atoms with van der Waals surface area (Å²) in [4.78, 5) is 4.96. The number of likely N-dealkylation sites (N-methyl/N-ethyl adjacent to an activating group) is 1. The molecule has 0 aromatic carbocycles. The second kappa shape index (κ2) is 17.7. The fourth-order valence-corrected chi connectivity index (χ4v) is 4.28. The second-order valence-corrected chi connectivity index (χ2v) is 8.25. The maximum absolute atomic E-state index is 9.23. The lowest BCUT2D eigenvalue weighted by Gasteiger charge is -2.28. The van der Waals surface area contributed by atoms with Gasteiger partial charge in [0, 0.05) is 19.6 Å². The molecule has 0 bridgehead atoms. The zero-order chi connectivity index (χ0) is 19.6. The quantitative estimate of drug-likeness (QED) is 0.234. The molecule has 160 valence electrons. The summed E-state index contributed by atoms with van der Waals surface area (Å²) in [5, 5.41) is 9.23. The molecule has 1 aliphatic rings. The van der Waals surface area contributed by atoms with Crippen LogP contribution >= 0.6 is 0 Å². The number of unbranched alkanes of at least 4 members (excludes halogenated alkanes) is 12. The summed E-state index contributed by atoms with van der Waals surface area (Å²) in [6.45, 7) is 8.98. The van der Waals surface area contributed by atoms with Crippen LogP contribution in [0.5, 0.6) is 0 Å². The monoisotopic (exact) mass is 380 g/mol. The zero-order valence-electron chi connectivity index (χ0n) is 18.5. The average Bonchev–Trinajstić information content (AvgIpc) is 3.07. The SMILES string of the molecule is CCCCCCCCCCCCCC/C=C/CC1N(CC)CCN1CCO. The van der Waals surface area contributed by atoms with Crippen molar-refractivity contribution in [2.24, 2.45) is 0 Å². The molecule has 1 N–H and O–H groups in total. The third-order valence-electron chi connectivity index (χ3n) is 6.05. The Balaban J connectivity index is 1.92. The highest BCUT2D eigenvalue weighted by Gasteiger charge is 2.28. The van der Waals surface area contributed by atoms with Crippen molar-refractivity contribution in [2.75, 3.05) is 32.8 Å². The minimum absolute atomic E-state index is 0.274. The van der Waals surface area contributed by atoms with Crippen molar-refractivity contribution in [3.05, 3.63) is 12.2 Å². The lowest BCUT2D eigenvalue weighted by molar-refractivity contribution is 0.120.